The molecule has 0 bridgehead atoms. The lowest BCUT2D eigenvalue weighted by molar-refractivity contribution is -0.143. The summed E-state index contributed by atoms with van der Waals surface area (Å²) in [6.45, 7) is 0. The van der Waals surface area contributed by atoms with Gasteiger partial charge in [-0.25, -0.2) is 0 Å². The molecule has 0 atom stereocenters. The van der Waals surface area contributed by atoms with Crippen molar-refractivity contribution in [2.45, 2.75) is 12.4 Å². The van der Waals surface area contributed by atoms with Crippen molar-refractivity contribution in [3.63, 3.8) is 0 Å². The molecule has 1 N–H and O–H groups in total. The van der Waals surface area contributed by atoms with Gasteiger partial charge >= 0.3 is 12.4 Å². The van der Waals surface area contributed by atoms with Crippen molar-refractivity contribution in [2.24, 2.45) is 0 Å². The van der Waals surface area contributed by atoms with E-state index >= 15 is 0 Å². The second kappa shape index (κ2) is 8.17. The maximum atomic E-state index is 13.3. The molecule has 0 radical (unpaired) electrons. The first kappa shape index (κ1) is 22.5. The Kier molecular flexibility index (Phi) is 5.94. The first-order chi connectivity index (χ1) is 14.4. The monoisotopic (exact) mass is 463 g/mol. The summed E-state index contributed by atoms with van der Waals surface area (Å²) in [7, 11) is 1.21. The molecule has 1 aliphatic rings. The predicted octanol–water partition coefficient (Wildman–Crippen LogP) is 5.85. The molecule has 2 amide bonds. The number of methoxy groups -OCH3 is 1. The van der Waals surface area contributed by atoms with Crippen LogP contribution in [0.4, 0.5) is 31.1 Å². The van der Waals surface area contributed by atoms with Crippen LogP contribution in [-0.2, 0) is 17.1 Å². The van der Waals surface area contributed by atoms with Gasteiger partial charge in [-0.3, -0.25) is 14.9 Å². The fourth-order valence-electron chi connectivity index (χ4n) is 2.57. The summed E-state index contributed by atoms with van der Waals surface area (Å²) in [5.74, 6) is -1.69. The minimum absolute atomic E-state index is 0.0342. The quantitative estimate of drug-likeness (QED) is 0.455. The van der Waals surface area contributed by atoms with E-state index < -0.39 is 40.4 Å². The molecule has 0 saturated carbocycles. The molecule has 5 nitrogen and oxygen atoms in total. The molecule has 1 fully saturated rings. The van der Waals surface area contributed by atoms with Gasteiger partial charge in [0.1, 0.15) is 5.75 Å². The summed E-state index contributed by atoms with van der Waals surface area (Å²) in [5, 5.41) is 1.52. The Morgan fingerprint density at radius 2 is 1.58 bits per heavy atom. The van der Waals surface area contributed by atoms with Crippen molar-refractivity contribution in [1.82, 2.24) is 5.32 Å². The van der Waals surface area contributed by atoms with E-state index in [4.69, 9.17) is 9.47 Å². The van der Waals surface area contributed by atoms with Gasteiger partial charge in [0.25, 0.3) is 11.1 Å². The highest BCUT2D eigenvalue weighted by Gasteiger charge is 2.39. The Hall–Kier alpha value is -3.15. The number of carbonyl (C=O) groups excluding carboxylic acids is 2. The number of carbonyl (C=O) groups is 2. The number of ether oxygens (including phenoxy) is 2. The zero-order valence-corrected chi connectivity index (χ0v) is 16.2. The van der Waals surface area contributed by atoms with Gasteiger partial charge < -0.3 is 9.47 Å². The Morgan fingerprint density at radius 3 is 2.13 bits per heavy atom. The molecule has 0 aliphatic carbocycles. The van der Waals surface area contributed by atoms with Crippen molar-refractivity contribution >= 4 is 29.0 Å². The van der Waals surface area contributed by atoms with Gasteiger partial charge in [-0.05, 0) is 53.7 Å². The van der Waals surface area contributed by atoms with Crippen molar-refractivity contribution in [3.05, 3.63) is 58.0 Å². The number of alkyl halides is 6. The summed E-state index contributed by atoms with van der Waals surface area (Å²) in [5.41, 5.74) is -2.70. The fraction of sp³-hybridized carbons (Fsp3) is 0.158. The topological polar surface area (TPSA) is 64.6 Å². The molecule has 1 saturated heterocycles. The zero-order valence-electron chi connectivity index (χ0n) is 15.4. The number of halogens is 6. The second-order valence-electron chi connectivity index (χ2n) is 6.07. The number of hydrogen-bond acceptors (Lipinski definition) is 5. The summed E-state index contributed by atoms with van der Waals surface area (Å²) >= 11 is 0.669. The van der Waals surface area contributed by atoms with E-state index in [-0.39, 0.29) is 22.5 Å². The number of nitrogens with one attached hydrogen (secondary N) is 1. The average Bonchev–Trinajstić information content (AvgIpc) is 2.98. The van der Waals surface area contributed by atoms with Gasteiger partial charge in [-0.2, -0.15) is 26.3 Å². The first-order valence-electron chi connectivity index (χ1n) is 8.27. The van der Waals surface area contributed by atoms with E-state index in [9.17, 15) is 35.9 Å². The molecule has 164 valence electrons. The molecule has 2 aromatic carbocycles. The van der Waals surface area contributed by atoms with Crippen LogP contribution in [0.25, 0.3) is 6.08 Å². The van der Waals surface area contributed by atoms with Gasteiger partial charge in [0.05, 0.1) is 23.1 Å². The van der Waals surface area contributed by atoms with Gasteiger partial charge in [0.2, 0.25) is 0 Å². The van der Waals surface area contributed by atoms with Crippen LogP contribution in [0.2, 0.25) is 0 Å². The van der Waals surface area contributed by atoms with Crippen molar-refractivity contribution < 1.29 is 45.4 Å². The highest BCUT2D eigenvalue weighted by atomic mass is 32.2. The van der Waals surface area contributed by atoms with Crippen LogP contribution in [0.1, 0.15) is 16.7 Å². The third-order valence-electron chi connectivity index (χ3n) is 3.96. The van der Waals surface area contributed by atoms with Gasteiger partial charge in [0, 0.05) is 0 Å². The molecule has 1 heterocycles. The molecule has 1 aliphatic heterocycles. The normalized spacial score (nSPS) is 15.9. The van der Waals surface area contributed by atoms with Crippen molar-refractivity contribution in [3.8, 4) is 17.2 Å². The summed E-state index contributed by atoms with van der Waals surface area (Å²) < 4.78 is 88.7. The minimum atomic E-state index is -5.10. The SMILES string of the molecule is COc1cc(C=C2SC(=O)NC2=O)ccc1Oc1ccc(C(F)(F)F)cc1C(F)(F)F. The van der Waals surface area contributed by atoms with E-state index in [0.717, 1.165) is 0 Å². The lowest BCUT2D eigenvalue weighted by Gasteiger charge is -2.17. The second-order valence-corrected chi connectivity index (χ2v) is 7.09. The van der Waals surface area contributed by atoms with Gasteiger partial charge in [0.15, 0.2) is 11.5 Å². The Morgan fingerprint density at radius 1 is 0.903 bits per heavy atom. The number of thioether (sulfide) groups is 1. The number of imide groups is 1. The molecule has 0 unspecified atom stereocenters. The van der Waals surface area contributed by atoms with Gasteiger partial charge in [-0.1, -0.05) is 6.07 Å². The molecule has 2 aromatic rings. The van der Waals surface area contributed by atoms with Crippen LogP contribution in [0.15, 0.2) is 41.3 Å². The highest BCUT2D eigenvalue weighted by Crippen LogP contribution is 2.43. The fourth-order valence-corrected chi connectivity index (χ4v) is 3.25. The molecular formula is C19H11F6NO4S. The van der Waals surface area contributed by atoms with Crippen LogP contribution >= 0.6 is 11.8 Å². The van der Waals surface area contributed by atoms with Crippen molar-refractivity contribution in [2.75, 3.05) is 7.11 Å². The Labute approximate surface area is 175 Å². The summed E-state index contributed by atoms with van der Waals surface area (Å²) in [6.07, 6.45) is -8.71. The number of rotatable bonds is 4. The molecule has 31 heavy (non-hydrogen) atoms. The Balaban J connectivity index is 1.97. The summed E-state index contributed by atoms with van der Waals surface area (Å²) in [6, 6.07) is 4.94. The van der Waals surface area contributed by atoms with Crippen LogP contribution < -0.4 is 14.8 Å². The minimum Gasteiger partial charge on any atom is -0.493 e. The smallest absolute Gasteiger partial charge is 0.420 e. The first-order valence-corrected chi connectivity index (χ1v) is 9.09. The number of hydrogen-bond donors (Lipinski definition) is 1. The lowest BCUT2D eigenvalue weighted by atomic mass is 10.1. The maximum absolute atomic E-state index is 13.3. The predicted molar refractivity (Wildman–Crippen MR) is 98.6 cm³/mol. The van der Waals surface area contributed by atoms with Gasteiger partial charge in [-0.15, -0.1) is 0 Å². The molecule has 12 heteroatoms. The van der Waals surface area contributed by atoms with Crippen LogP contribution in [-0.4, -0.2) is 18.3 Å². The lowest BCUT2D eigenvalue weighted by Crippen LogP contribution is -2.17. The molecule has 0 spiro atoms. The molecule has 3 rings (SSSR count). The van der Waals surface area contributed by atoms with E-state index in [2.05, 4.69) is 5.32 Å². The van der Waals surface area contributed by atoms with Crippen LogP contribution in [0.3, 0.4) is 0 Å². The third kappa shape index (κ3) is 5.13. The molecular weight excluding hydrogens is 452 g/mol. The van der Waals surface area contributed by atoms with E-state index in [1.807, 2.05) is 0 Å². The van der Waals surface area contributed by atoms with Crippen LogP contribution in [0, 0.1) is 0 Å². The third-order valence-corrected chi connectivity index (χ3v) is 4.77. The standard InChI is InChI=1S/C19H11F6NO4S/c1-29-14-6-9(7-15-16(27)26-17(28)31-15)2-4-13(14)30-12-5-3-10(18(20,21)22)8-11(12)19(23,24)25/h2-8H,1H3,(H,26,27,28). The number of amides is 2. The van der Waals surface area contributed by atoms with E-state index in [1.54, 1.807) is 0 Å². The van der Waals surface area contributed by atoms with Crippen LogP contribution in [0.5, 0.6) is 17.2 Å². The summed E-state index contributed by atoms with van der Waals surface area (Å²) in [4.78, 5) is 22.9. The van der Waals surface area contributed by atoms with E-state index in [1.165, 1.54) is 31.4 Å². The van der Waals surface area contributed by atoms with Crippen molar-refractivity contribution in [1.29, 1.82) is 0 Å². The maximum Gasteiger partial charge on any atom is 0.420 e. The Bertz CT molecular complexity index is 1080. The molecule has 0 aromatic heterocycles. The largest absolute Gasteiger partial charge is 0.493 e. The van der Waals surface area contributed by atoms with E-state index in [0.29, 0.717) is 29.5 Å². The zero-order chi connectivity index (χ0) is 23.0. The highest BCUT2D eigenvalue weighted by molar-refractivity contribution is 8.18. The average molecular weight is 463 g/mol. The number of benzene rings is 2.